The highest BCUT2D eigenvalue weighted by molar-refractivity contribution is 6.00. The fraction of sp³-hybridized carbons (Fsp3) is 0.462. The number of nitrogen functional groups attached to an aromatic ring is 1. The van der Waals surface area contributed by atoms with E-state index < -0.39 is 12.1 Å². The van der Waals surface area contributed by atoms with Crippen LogP contribution in [0.4, 0.5) is 19.0 Å². The fourth-order valence-corrected chi connectivity index (χ4v) is 4.30. The lowest BCUT2D eigenvalue weighted by molar-refractivity contribution is -0.192. The number of pyridine rings is 1. The van der Waals surface area contributed by atoms with Gasteiger partial charge >= 0.3 is 12.1 Å². The standard InChI is InChI=1S/C24H31N5O3.C2HF3O2/c1-28-10-12-29(13-11-28)24(32)17-4-2-16(3-5-17)18-14-21(22(25)26-15-18)23(31)27-19-6-8-20(30)9-7-19;3-2(4,5)1(6)7/h2-5,14-15,19-20,30H,6-13H2,1H3,(H2,25,26)(H,27,31);(H,6,7). The third-order valence-corrected chi connectivity index (χ3v) is 6.69. The zero-order valence-corrected chi connectivity index (χ0v) is 21.4. The lowest BCUT2D eigenvalue weighted by Gasteiger charge is -2.32. The first kappa shape index (κ1) is 29.8. The van der Waals surface area contributed by atoms with Gasteiger partial charge in [-0.15, -0.1) is 0 Å². The molecule has 2 fully saturated rings. The van der Waals surface area contributed by atoms with Gasteiger partial charge in [0, 0.05) is 49.5 Å². The third kappa shape index (κ3) is 8.39. The summed E-state index contributed by atoms with van der Waals surface area (Å²) in [6.07, 6.45) is -0.828. The largest absolute Gasteiger partial charge is 0.490 e. The number of nitrogens with one attached hydrogen (secondary N) is 1. The van der Waals surface area contributed by atoms with Gasteiger partial charge in [-0.3, -0.25) is 9.59 Å². The Labute approximate surface area is 223 Å². The van der Waals surface area contributed by atoms with Crippen molar-refractivity contribution in [2.45, 2.75) is 44.0 Å². The molecular formula is C26H32F3N5O5. The van der Waals surface area contributed by atoms with E-state index in [2.05, 4.69) is 22.2 Å². The molecule has 5 N–H and O–H groups in total. The first-order valence-corrected chi connectivity index (χ1v) is 12.5. The van der Waals surface area contributed by atoms with Crippen LogP contribution in [0, 0.1) is 0 Å². The van der Waals surface area contributed by atoms with Crippen molar-refractivity contribution in [3.63, 3.8) is 0 Å². The predicted molar refractivity (Wildman–Crippen MR) is 137 cm³/mol. The first-order chi connectivity index (χ1) is 18.3. The van der Waals surface area contributed by atoms with Crippen molar-refractivity contribution in [3.05, 3.63) is 47.7 Å². The van der Waals surface area contributed by atoms with Gasteiger partial charge in [0.05, 0.1) is 11.7 Å². The summed E-state index contributed by atoms with van der Waals surface area (Å²) in [4.78, 5) is 42.8. The number of carbonyl (C=O) groups is 3. The maximum absolute atomic E-state index is 12.8. The molecule has 0 bridgehead atoms. The van der Waals surface area contributed by atoms with Crippen molar-refractivity contribution >= 4 is 23.6 Å². The molecule has 1 saturated carbocycles. The Kier molecular flexibility index (Phi) is 9.86. The molecule has 2 aromatic rings. The number of aliphatic hydroxyl groups is 1. The van der Waals surface area contributed by atoms with E-state index in [1.54, 1.807) is 12.3 Å². The van der Waals surface area contributed by atoms with Gasteiger partial charge < -0.3 is 31.1 Å². The maximum atomic E-state index is 12.8. The van der Waals surface area contributed by atoms with E-state index in [0.29, 0.717) is 24.0 Å². The Bertz CT molecular complexity index is 1160. The Morgan fingerprint density at radius 2 is 1.56 bits per heavy atom. The molecule has 39 heavy (non-hydrogen) atoms. The molecule has 10 nitrogen and oxygen atoms in total. The number of amides is 2. The van der Waals surface area contributed by atoms with E-state index in [0.717, 1.165) is 50.1 Å². The number of anilines is 1. The van der Waals surface area contributed by atoms with Gasteiger partial charge in [-0.1, -0.05) is 12.1 Å². The zero-order valence-electron chi connectivity index (χ0n) is 21.4. The van der Waals surface area contributed by atoms with Crippen LogP contribution in [-0.4, -0.2) is 94.3 Å². The van der Waals surface area contributed by atoms with Crippen LogP contribution < -0.4 is 11.1 Å². The molecule has 1 aliphatic carbocycles. The normalized spacial score (nSPS) is 20.0. The molecule has 0 atom stereocenters. The minimum absolute atomic E-state index is 0.0360. The number of carboxylic acid groups (broad SMARTS) is 1. The van der Waals surface area contributed by atoms with Crippen LogP contribution in [0.25, 0.3) is 11.1 Å². The summed E-state index contributed by atoms with van der Waals surface area (Å²) < 4.78 is 31.7. The average molecular weight is 552 g/mol. The molecule has 2 aliphatic rings. The fourth-order valence-electron chi connectivity index (χ4n) is 4.30. The van der Waals surface area contributed by atoms with Gasteiger partial charge in [-0.2, -0.15) is 13.2 Å². The molecule has 1 aromatic carbocycles. The molecule has 0 spiro atoms. The van der Waals surface area contributed by atoms with E-state index in [4.69, 9.17) is 15.6 Å². The Morgan fingerprint density at radius 1 is 1.00 bits per heavy atom. The summed E-state index contributed by atoms with van der Waals surface area (Å²) in [6.45, 7) is 3.23. The lowest BCUT2D eigenvalue weighted by Crippen LogP contribution is -2.47. The number of hydrogen-bond acceptors (Lipinski definition) is 7. The monoisotopic (exact) mass is 551 g/mol. The summed E-state index contributed by atoms with van der Waals surface area (Å²) >= 11 is 0. The number of halogens is 3. The van der Waals surface area contributed by atoms with Crippen LogP contribution in [-0.2, 0) is 4.79 Å². The van der Waals surface area contributed by atoms with E-state index in [1.165, 1.54) is 0 Å². The van der Waals surface area contributed by atoms with Gasteiger partial charge in [-0.25, -0.2) is 9.78 Å². The second kappa shape index (κ2) is 12.9. The number of benzene rings is 1. The van der Waals surface area contributed by atoms with Crippen LogP contribution in [0.1, 0.15) is 46.4 Å². The number of aliphatic hydroxyl groups excluding tert-OH is 1. The molecule has 2 amide bonds. The highest BCUT2D eigenvalue weighted by atomic mass is 19.4. The highest BCUT2D eigenvalue weighted by Crippen LogP contribution is 2.24. The second-order valence-corrected chi connectivity index (χ2v) is 9.61. The van der Waals surface area contributed by atoms with Gasteiger partial charge in [0.15, 0.2) is 0 Å². The Hall–Kier alpha value is -3.71. The minimum atomic E-state index is -5.08. The van der Waals surface area contributed by atoms with E-state index in [-0.39, 0.29) is 29.8 Å². The number of carboxylic acids is 1. The van der Waals surface area contributed by atoms with E-state index in [1.807, 2.05) is 29.2 Å². The smallest absolute Gasteiger partial charge is 0.475 e. The quantitative estimate of drug-likeness (QED) is 0.453. The van der Waals surface area contributed by atoms with Crippen LogP contribution in [0.5, 0.6) is 0 Å². The van der Waals surface area contributed by atoms with Crippen LogP contribution in [0.3, 0.4) is 0 Å². The number of alkyl halides is 3. The maximum Gasteiger partial charge on any atom is 0.490 e. The SMILES string of the molecule is CN1CCN(C(=O)c2ccc(-c3cnc(N)c(C(=O)NC4CCC(O)CC4)c3)cc2)CC1.O=C(O)C(F)(F)F. The second-order valence-electron chi connectivity index (χ2n) is 9.61. The Balaban J connectivity index is 0.000000532. The summed E-state index contributed by atoms with van der Waals surface area (Å²) in [5, 5.41) is 19.8. The van der Waals surface area contributed by atoms with Gasteiger partial charge in [0.25, 0.3) is 11.8 Å². The summed E-state index contributed by atoms with van der Waals surface area (Å²) in [6, 6.07) is 9.17. The first-order valence-electron chi connectivity index (χ1n) is 12.5. The lowest BCUT2D eigenvalue weighted by atomic mass is 9.93. The molecule has 0 radical (unpaired) electrons. The predicted octanol–water partition coefficient (Wildman–Crippen LogP) is 2.39. The number of piperazine rings is 1. The van der Waals surface area contributed by atoms with E-state index >= 15 is 0 Å². The molecule has 13 heteroatoms. The van der Waals surface area contributed by atoms with Crippen molar-refractivity contribution in [2.75, 3.05) is 39.0 Å². The Morgan fingerprint density at radius 3 is 2.10 bits per heavy atom. The number of rotatable bonds is 4. The van der Waals surface area contributed by atoms with Crippen molar-refractivity contribution < 1.29 is 37.8 Å². The summed E-state index contributed by atoms with van der Waals surface area (Å²) in [5.41, 5.74) is 8.61. The van der Waals surface area contributed by atoms with Crippen molar-refractivity contribution in [2.24, 2.45) is 0 Å². The number of hydrogen-bond donors (Lipinski definition) is 4. The van der Waals surface area contributed by atoms with Gasteiger partial charge in [0.1, 0.15) is 5.82 Å². The minimum Gasteiger partial charge on any atom is -0.475 e. The average Bonchev–Trinajstić information content (AvgIpc) is 2.90. The number of nitrogens with zero attached hydrogens (tertiary/aromatic N) is 3. The van der Waals surface area contributed by atoms with Crippen LogP contribution in [0.15, 0.2) is 36.5 Å². The van der Waals surface area contributed by atoms with Crippen molar-refractivity contribution in [1.82, 2.24) is 20.1 Å². The molecule has 2 heterocycles. The van der Waals surface area contributed by atoms with E-state index in [9.17, 15) is 27.9 Å². The molecule has 1 saturated heterocycles. The number of aliphatic carboxylic acids is 1. The summed E-state index contributed by atoms with van der Waals surface area (Å²) in [5.74, 6) is -2.78. The topological polar surface area (TPSA) is 149 Å². The third-order valence-electron chi connectivity index (χ3n) is 6.69. The molecule has 1 aromatic heterocycles. The van der Waals surface area contributed by atoms with Crippen molar-refractivity contribution in [3.8, 4) is 11.1 Å². The molecule has 1 aliphatic heterocycles. The number of carbonyl (C=O) groups excluding carboxylic acids is 2. The van der Waals surface area contributed by atoms with Gasteiger partial charge in [-0.05, 0) is 56.5 Å². The van der Waals surface area contributed by atoms with Crippen LogP contribution in [0.2, 0.25) is 0 Å². The summed E-state index contributed by atoms with van der Waals surface area (Å²) in [7, 11) is 2.06. The van der Waals surface area contributed by atoms with Crippen LogP contribution >= 0.6 is 0 Å². The number of nitrogens with two attached hydrogens (primary N) is 1. The molecular weight excluding hydrogens is 519 g/mol. The zero-order chi connectivity index (χ0) is 28.7. The highest BCUT2D eigenvalue weighted by Gasteiger charge is 2.38. The number of aromatic nitrogens is 1. The number of likely N-dealkylation sites (N-methyl/N-ethyl adjacent to an activating group) is 1. The molecule has 212 valence electrons. The molecule has 4 rings (SSSR count). The van der Waals surface area contributed by atoms with Crippen molar-refractivity contribution in [1.29, 1.82) is 0 Å². The molecule has 0 unspecified atom stereocenters. The van der Waals surface area contributed by atoms with Gasteiger partial charge in [0.2, 0.25) is 0 Å².